The number of nitrogens with zero attached hydrogens (tertiary/aromatic N) is 1. The predicted octanol–water partition coefficient (Wildman–Crippen LogP) is 4.72. The number of ether oxygens (including phenoxy) is 3. The number of methoxy groups -OCH3 is 1. The maximum Gasteiger partial charge on any atom is 0.254 e. The molecule has 10 heteroatoms. The molecule has 2 saturated carbocycles. The number of hydrogen-bond acceptors (Lipinski definition) is 5. The maximum absolute atomic E-state index is 14.8. The van der Waals surface area contributed by atoms with Crippen LogP contribution in [0.15, 0.2) is 24.3 Å². The monoisotopic (exact) mass is 532 g/mol. The van der Waals surface area contributed by atoms with Crippen LogP contribution in [0.1, 0.15) is 59.7 Å². The maximum atomic E-state index is 14.8. The summed E-state index contributed by atoms with van der Waals surface area (Å²) in [7, 11) is 1.55. The van der Waals surface area contributed by atoms with Crippen molar-refractivity contribution in [1.29, 1.82) is 0 Å². The number of carbonyl (C=O) groups is 2. The minimum absolute atomic E-state index is 0.0870. The molecule has 7 nitrogen and oxygen atoms in total. The van der Waals surface area contributed by atoms with Gasteiger partial charge < -0.3 is 24.4 Å². The summed E-state index contributed by atoms with van der Waals surface area (Å²) in [6, 6.07) is 5.33. The van der Waals surface area contributed by atoms with Gasteiger partial charge in [0, 0.05) is 30.1 Å². The van der Waals surface area contributed by atoms with E-state index < -0.39 is 34.7 Å². The first-order valence-electron chi connectivity index (χ1n) is 13.0. The van der Waals surface area contributed by atoms with Crippen LogP contribution in [0.4, 0.5) is 13.2 Å². The lowest BCUT2D eigenvalue weighted by atomic mass is 9.74. The molecule has 2 amide bonds. The summed E-state index contributed by atoms with van der Waals surface area (Å²) < 4.78 is 59.0. The van der Waals surface area contributed by atoms with Gasteiger partial charge in [-0.05, 0) is 62.8 Å². The zero-order valence-electron chi connectivity index (χ0n) is 21.5. The third-order valence-electron chi connectivity index (χ3n) is 7.74. The first-order chi connectivity index (χ1) is 18.3. The van der Waals surface area contributed by atoms with Crippen LogP contribution in [-0.2, 0) is 0 Å². The summed E-state index contributed by atoms with van der Waals surface area (Å²) >= 11 is 0. The van der Waals surface area contributed by atoms with Gasteiger partial charge in [0.2, 0.25) is 5.82 Å². The van der Waals surface area contributed by atoms with E-state index in [4.69, 9.17) is 14.2 Å². The minimum Gasteiger partial charge on any atom is -0.493 e. The van der Waals surface area contributed by atoms with E-state index in [9.17, 15) is 22.8 Å². The highest BCUT2D eigenvalue weighted by atomic mass is 19.2. The largest absolute Gasteiger partial charge is 0.493 e. The molecular weight excluding hydrogens is 501 g/mol. The molecule has 2 aliphatic carbocycles. The Labute approximate surface area is 219 Å². The average molecular weight is 533 g/mol. The molecule has 1 aliphatic heterocycles. The van der Waals surface area contributed by atoms with Crippen molar-refractivity contribution in [2.45, 2.75) is 45.1 Å². The first kappa shape index (κ1) is 26.2. The molecular formula is C28H31F3N2O5. The third-order valence-corrected chi connectivity index (χ3v) is 7.74. The van der Waals surface area contributed by atoms with E-state index in [1.165, 1.54) is 6.92 Å². The molecule has 1 N–H and O–H groups in total. The molecule has 2 aromatic rings. The zero-order valence-corrected chi connectivity index (χ0v) is 21.5. The van der Waals surface area contributed by atoms with Crippen LogP contribution in [0.5, 0.6) is 17.2 Å². The number of amides is 2. The van der Waals surface area contributed by atoms with Crippen molar-refractivity contribution >= 4 is 11.8 Å². The lowest BCUT2D eigenvalue weighted by Gasteiger charge is -2.51. The molecule has 1 saturated heterocycles. The van der Waals surface area contributed by atoms with E-state index in [-0.39, 0.29) is 24.0 Å². The van der Waals surface area contributed by atoms with Crippen molar-refractivity contribution in [3.05, 3.63) is 52.8 Å². The van der Waals surface area contributed by atoms with Gasteiger partial charge in [0.15, 0.2) is 28.9 Å². The van der Waals surface area contributed by atoms with E-state index >= 15 is 0 Å². The Morgan fingerprint density at radius 1 is 1.05 bits per heavy atom. The van der Waals surface area contributed by atoms with Gasteiger partial charge in [0.1, 0.15) is 0 Å². The van der Waals surface area contributed by atoms with Crippen LogP contribution in [0.25, 0.3) is 0 Å². The number of likely N-dealkylation sites (tertiary alicyclic amines) is 1. The number of halogens is 3. The molecule has 1 atom stereocenters. The fourth-order valence-electron chi connectivity index (χ4n) is 5.45. The smallest absolute Gasteiger partial charge is 0.254 e. The van der Waals surface area contributed by atoms with Gasteiger partial charge in [0.25, 0.3) is 11.8 Å². The Balaban J connectivity index is 1.26. The number of carbonyl (C=O) groups excluding carboxylic acids is 2. The number of benzene rings is 2. The minimum atomic E-state index is -1.47. The second-order valence-corrected chi connectivity index (χ2v) is 10.4. The number of hydrogen-bond donors (Lipinski definition) is 1. The highest BCUT2D eigenvalue weighted by molar-refractivity contribution is 5.96. The zero-order chi connectivity index (χ0) is 27.0. The molecule has 3 fully saturated rings. The fourth-order valence-corrected chi connectivity index (χ4v) is 5.45. The molecule has 204 valence electrons. The van der Waals surface area contributed by atoms with Gasteiger partial charge in [0.05, 0.1) is 25.9 Å². The molecule has 38 heavy (non-hydrogen) atoms. The second-order valence-electron chi connectivity index (χ2n) is 10.4. The lowest BCUT2D eigenvalue weighted by molar-refractivity contribution is -0.00440. The fraction of sp³-hybridized carbons (Fsp3) is 0.500. The van der Waals surface area contributed by atoms with E-state index in [1.807, 2.05) is 0 Å². The third kappa shape index (κ3) is 4.88. The van der Waals surface area contributed by atoms with Crippen LogP contribution in [0.2, 0.25) is 0 Å². The Morgan fingerprint density at radius 3 is 2.50 bits per heavy atom. The highest BCUT2D eigenvalue weighted by Gasteiger charge is 2.53. The summed E-state index contributed by atoms with van der Waals surface area (Å²) in [6.45, 7) is 2.85. The van der Waals surface area contributed by atoms with Crippen LogP contribution >= 0.6 is 0 Å². The summed E-state index contributed by atoms with van der Waals surface area (Å²) in [6.07, 6.45) is 4.53. The van der Waals surface area contributed by atoms with Gasteiger partial charge in [-0.3, -0.25) is 9.59 Å². The van der Waals surface area contributed by atoms with E-state index in [2.05, 4.69) is 5.32 Å². The van der Waals surface area contributed by atoms with Crippen molar-refractivity contribution < 1.29 is 37.0 Å². The quantitative estimate of drug-likeness (QED) is 0.473. The SMILES string of the molecule is CCOc1c(F)c(F)cc(C(=O)NC2CCCC23CN(C(=O)c2ccc(OC)c(OCC4CC4)c2)C3)c1F. The van der Waals surface area contributed by atoms with Crippen LogP contribution < -0.4 is 19.5 Å². The summed E-state index contributed by atoms with van der Waals surface area (Å²) in [5.41, 5.74) is -0.489. The Kier molecular flexibility index (Phi) is 7.15. The second kappa shape index (κ2) is 10.4. The van der Waals surface area contributed by atoms with Gasteiger partial charge in [-0.2, -0.15) is 4.39 Å². The Hall–Kier alpha value is -3.43. The van der Waals surface area contributed by atoms with Crippen molar-refractivity contribution in [3.63, 3.8) is 0 Å². The van der Waals surface area contributed by atoms with Crippen LogP contribution in [0, 0.1) is 28.8 Å². The van der Waals surface area contributed by atoms with Crippen molar-refractivity contribution in [2.75, 3.05) is 33.4 Å². The summed E-state index contributed by atoms with van der Waals surface area (Å²) in [5, 5.41) is 2.80. The Bertz CT molecular complexity index is 1240. The Morgan fingerprint density at radius 2 is 1.82 bits per heavy atom. The molecule has 0 bridgehead atoms. The van der Waals surface area contributed by atoms with Crippen molar-refractivity contribution in [3.8, 4) is 17.2 Å². The van der Waals surface area contributed by atoms with E-state index in [0.29, 0.717) is 55.2 Å². The van der Waals surface area contributed by atoms with E-state index in [1.54, 1.807) is 30.2 Å². The molecule has 1 heterocycles. The summed E-state index contributed by atoms with van der Waals surface area (Å²) in [4.78, 5) is 27.9. The topological polar surface area (TPSA) is 77.1 Å². The van der Waals surface area contributed by atoms with Gasteiger partial charge in [-0.1, -0.05) is 6.42 Å². The highest BCUT2D eigenvalue weighted by Crippen LogP contribution is 2.46. The first-order valence-corrected chi connectivity index (χ1v) is 13.0. The molecule has 0 radical (unpaired) electrons. The average Bonchev–Trinajstić information content (AvgIpc) is 3.63. The normalized spacial score (nSPS) is 19.7. The van der Waals surface area contributed by atoms with Crippen molar-refractivity contribution in [1.82, 2.24) is 10.2 Å². The molecule has 1 unspecified atom stereocenters. The van der Waals surface area contributed by atoms with Crippen LogP contribution in [0.3, 0.4) is 0 Å². The van der Waals surface area contributed by atoms with Crippen molar-refractivity contribution in [2.24, 2.45) is 11.3 Å². The molecule has 1 spiro atoms. The lowest BCUT2D eigenvalue weighted by Crippen LogP contribution is -2.64. The number of rotatable bonds is 9. The van der Waals surface area contributed by atoms with Gasteiger partial charge >= 0.3 is 0 Å². The number of nitrogens with one attached hydrogen (secondary N) is 1. The van der Waals surface area contributed by atoms with Gasteiger partial charge in [-0.25, -0.2) is 8.78 Å². The molecule has 3 aliphatic rings. The molecule has 5 rings (SSSR count). The van der Waals surface area contributed by atoms with Crippen LogP contribution in [-0.4, -0.2) is 56.2 Å². The molecule has 2 aromatic carbocycles. The summed E-state index contributed by atoms with van der Waals surface area (Å²) in [5.74, 6) is -4.31. The predicted molar refractivity (Wildman–Crippen MR) is 132 cm³/mol. The van der Waals surface area contributed by atoms with Gasteiger partial charge in [-0.15, -0.1) is 0 Å². The van der Waals surface area contributed by atoms with E-state index in [0.717, 1.165) is 25.7 Å². The molecule has 0 aromatic heterocycles. The standard InChI is InChI=1S/C28H31F3N2O5/c1-3-37-25-23(30)18(12-19(29)24(25)31)26(34)32-22-5-4-10-28(22)14-33(15-28)27(35)17-8-9-20(36-2)21(11-17)38-13-16-6-7-16/h8-9,11-12,16,22H,3-7,10,13-15H2,1-2H3,(H,32,34).